The Kier molecular flexibility index (Phi) is 6.13. The third-order valence-corrected chi connectivity index (χ3v) is 9.17. The molecule has 170 valence electrons. The smallest absolute Gasteiger partial charge is 0.126 e. The maximum Gasteiger partial charge on any atom is 0.126 e. The van der Waals surface area contributed by atoms with Crippen molar-refractivity contribution in [2.45, 2.75) is 18.5 Å². The first-order chi connectivity index (χ1) is 17.4. The van der Waals surface area contributed by atoms with Gasteiger partial charge in [0.25, 0.3) is 0 Å². The molecule has 1 aliphatic heterocycles. The van der Waals surface area contributed by atoms with Crippen molar-refractivity contribution in [3.05, 3.63) is 155 Å². The summed E-state index contributed by atoms with van der Waals surface area (Å²) in [5, 5.41) is 7.97. The summed E-state index contributed by atoms with van der Waals surface area (Å²) in [6, 6.07) is 43.4. The SMILES string of the molecule is C1=CC(P(c2ccccc2)c2ccccc2)=C(C2=N[C@H](c3ccccc3)[C@@H](c3ccccc3)N2)C1. The first-order valence-corrected chi connectivity index (χ1v) is 13.5. The molecule has 0 unspecified atom stereocenters. The zero-order valence-electron chi connectivity index (χ0n) is 19.5. The molecule has 0 aromatic heterocycles. The summed E-state index contributed by atoms with van der Waals surface area (Å²) < 4.78 is 0. The van der Waals surface area contributed by atoms with E-state index in [1.807, 2.05) is 0 Å². The van der Waals surface area contributed by atoms with Gasteiger partial charge in [-0.2, -0.15) is 0 Å². The Morgan fingerprint density at radius 1 is 0.629 bits per heavy atom. The van der Waals surface area contributed by atoms with Crippen LogP contribution in [0.3, 0.4) is 0 Å². The summed E-state index contributed by atoms with van der Waals surface area (Å²) in [5.41, 5.74) is 3.83. The summed E-state index contributed by atoms with van der Waals surface area (Å²) in [6.07, 6.45) is 5.53. The number of nitrogens with zero attached hydrogens (tertiary/aromatic N) is 1. The van der Waals surface area contributed by atoms with Gasteiger partial charge in [-0.25, -0.2) is 0 Å². The van der Waals surface area contributed by atoms with Crippen molar-refractivity contribution in [2.75, 3.05) is 0 Å². The molecule has 0 amide bonds. The van der Waals surface area contributed by atoms with Gasteiger partial charge < -0.3 is 5.32 Å². The minimum absolute atomic E-state index is 0.0441. The van der Waals surface area contributed by atoms with Gasteiger partial charge in [-0.3, -0.25) is 4.99 Å². The maximum atomic E-state index is 5.34. The molecule has 1 aliphatic carbocycles. The monoisotopic (exact) mass is 470 g/mol. The molecule has 6 rings (SSSR count). The number of hydrogen-bond donors (Lipinski definition) is 1. The number of benzene rings is 4. The van der Waals surface area contributed by atoms with E-state index in [4.69, 9.17) is 4.99 Å². The van der Waals surface area contributed by atoms with Gasteiger partial charge in [-0.05, 0) is 41.4 Å². The number of amidine groups is 1. The van der Waals surface area contributed by atoms with Gasteiger partial charge in [-0.15, -0.1) is 0 Å². The van der Waals surface area contributed by atoms with Crippen molar-refractivity contribution < 1.29 is 0 Å². The Morgan fingerprint density at radius 3 is 1.71 bits per heavy atom. The van der Waals surface area contributed by atoms with Crippen molar-refractivity contribution in [2.24, 2.45) is 4.99 Å². The fraction of sp³-hybridized carbons (Fsp3) is 0.0938. The summed E-state index contributed by atoms with van der Waals surface area (Å²) >= 11 is 0. The molecule has 35 heavy (non-hydrogen) atoms. The number of allylic oxidation sites excluding steroid dienone is 3. The average Bonchev–Trinajstić information content (AvgIpc) is 3.59. The topological polar surface area (TPSA) is 24.4 Å². The van der Waals surface area contributed by atoms with Crippen LogP contribution in [-0.4, -0.2) is 5.84 Å². The van der Waals surface area contributed by atoms with Gasteiger partial charge in [0.1, 0.15) is 11.9 Å². The van der Waals surface area contributed by atoms with Gasteiger partial charge in [0.05, 0.1) is 6.04 Å². The van der Waals surface area contributed by atoms with Crippen LogP contribution in [0.5, 0.6) is 0 Å². The van der Waals surface area contributed by atoms with Crippen LogP contribution in [0.2, 0.25) is 0 Å². The largest absolute Gasteiger partial charge is 0.361 e. The van der Waals surface area contributed by atoms with Crippen LogP contribution in [0.25, 0.3) is 0 Å². The minimum atomic E-state index is -0.672. The highest BCUT2D eigenvalue weighted by Crippen LogP contribution is 2.49. The molecular formula is C32H27N2P. The van der Waals surface area contributed by atoms with E-state index in [2.05, 4.69) is 139 Å². The molecule has 2 nitrogen and oxygen atoms in total. The predicted molar refractivity (Wildman–Crippen MR) is 149 cm³/mol. The molecular weight excluding hydrogens is 443 g/mol. The molecule has 3 heteroatoms. The summed E-state index contributed by atoms with van der Waals surface area (Å²) in [5.74, 6) is 1.03. The summed E-state index contributed by atoms with van der Waals surface area (Å²) in [7, 11) is -0.672. The zero-order chi connectivity index (χ0) is 23.5. The standard InChI is InChI=1S/C32H27N2P/c1-5-14-24(15-6-1)30-31(25-16-7-2-8-17-25)34-32(33-30)28-22-13-23-29(28)35(26-18-9-3-10-19-26)27-20-11-4-12-21-27/h1-21,23,30-31H,22H2,(H,33,34)/t30-,31-/m1/s1. The molecule has 2 atom stereocenters. The highest BCUT2D eigenvalue weighted by atomic mass is 31.1. The molecule has 0 radical (unpaired) electrons. The Morgan fingerprint density at radius 2 is 1.14 bits per heavy atom. The number of rotatable bonds is 6. The van der Waals surface area contributed by atoms with E-state index in [0.717, 1.165) is 12.3 Å². The first-order valence-electron chi connectivity index (χ1n) is 12.1. The van der Waals surface area contributed by atoms with E-state index in [9.17, 15) is 0 Å². The third-order valence-electron chi connectivity index (χ3n) is 6.64. The zero-order valence-corrected chi connectivity index (χ0v) is 20.4. The molecule has 0 bridgehead atoms. The highest BCUT2D eigenvalue weighted by molar-refractivity contribution is 7.77. The van der Waals surface area contributed by atoms with Crippen LogP contribution in [0.1, 0.15) is 29.6 Å². The Labute approximate surface area is 208 Å². The van der Waals surface area contributed by atoms with Crippen LogP contribution in [0, 0.1) is 0 Å². The van der Waals surface area contributed by atoms with Crippen molar-refractivity contribution in [3.63, 3.8) is 0 Å². The fourth-order valence-electron chi connectivity index (χ4n) is 4.99. The van der Waals surface area contributed by atoms with Crippen LogP contribution in [-0.2, 0) is 0 Å². The van der Waals surface area contributed by atoms with E-state index in [-0.39, 0.29) is 12.1 Å². The number of nitrogens with one attached hydrogen (secondary N) is 1. The molecule has 1 heterocycles. The van der Waals surface area contributed by atoms with Crippen LogP contribution >= 0.6 is 7.92 Å². The van der Waals surface area contributed by atoms with Crippen molar-refractivity contribution in [1.29, 1.82) is 0 Å². The van der Waals surface area contributed by atoms with Crippen molar-refractivity contribution in [3.8, 4) is 0 Å². The minimum Gasteiger partial charge on any atom is -0.361 e. The third kappa shape index (κ3) is 4.38. The molecule has 0 saturated heterocycles. The molecule has 4 aromatic carbocycles. The lowest BCUT2D eigenvalue weighted by molar-refractivity contribution is 0.572. The lowest BCUT2D eigenvalue weighted by atomic mass is 9.95. The van der Waals surface area contributed by atoms with E-state index < -0.39 is 7.92 Å². The van der Waals surface area contributed by atoms with Gasteiger partial charge in [0.15, 0.2) is 0 Å². The fourth-order valence-corrected chi connectivity index (χ4v) is 7.50. The Hall–Kier alpha value is -3.74. The molecule has 1 N–H and O–H groups in total. The van der Waals surface area contributed by atoms with Crippen LogP contribution < -0.4 is 15.9 Å². The average molecular weight is 471 g/mol. The molecule has 2 aliphatic rings. The quantitative estimate of drug-likeness (QED) is 0.307. The Bertz CT molecular complexity index is 1340. The number of hydrogen-bond acceptors (Lipinski definition) is 2. The van der Waals surface area contributed by atoms with Crippen molar-refractivity contribution in [1.82, 2.24) is 5.32 Å². The lowest BCUT2D eigenvalue weighted by Gasteiger charge is -2.22. The molecule has 0 saturated carbocycles. The maximum absolute atomic E-state index is 5.34. The lowest BCUT2D eigenvalue weighted by Crippen LogP contribution is -2.26. The van der Waals surface area contributed by atoms with Crippen LogP contribution in [0.4, 0.5) is 0 Å². The second kappa shape index (κ2) is 9.86. The molecule has 0 fully saturated rings. The van der Waals surface area contributed by atoms with Gasteiger partial charge in [-0.1, -0.05) is 133 Å². The van der Waals surface area contributed by atoms with E-state index in [0.29, 0.717) is 0 Å². The Balaban J connectivity index is 1.46. The summed E-state index contributed by atoms with van der Waals surface area (Å²) in [6.45, 7) is 0. The first kappa shape index (κ1) is 21.8. The van der Waals surface area contributed by atoms with Gasteiger partial charge >= 0.3 is 0 Å². The van der Waals surface area contributed by atoms with E-state index in [1.165, 1.54) is 32.6 Å². The normalized spacial score (nSPS) is 19.2. The van der Waals surface area contributed by atoms with E-state index in [1.54, 1.807) is 0 Å². The molecule has 4 aromatic rings. The summed E-state index contributed by atoms with van der Waals surface area (Å²) in [4.78, 5) is 5.34. The van der Waals surface area contributed by atoms with Gasteiger partial charge in [0, 0.05) is 5.57 Å². The van der Waals surface area contributed by atoms with Crippen molar-refractivity contribution >= 4 is 24.4 Å². The molecule has 0 spiro atoms. The second-order valence-corrected chi connectivity index (χ2v) is 11.0. The van der Waals surface area contributed by atoms with Crippen LogP contribution in [0.15, 0.2) is 149 Å². The number of aliphatic imine (C=N–C) groups is 1. The predicted octanol–water partition coefficient (Wildman–Crippen LogP) is 6.82. The van der Waals surface area contributed by atoms with Gasteiger partial charge in [0.2, 0.25) is 0 Å². The van der Waals surface area contributed by atoms with E-state index >= 15 is 0 Å². The second-order valence-electron chi connectivity index (χ2n) is 8.84. The highest BCUT2D eigenvalue weighted by Gasteiger charge is 2.34.